The standard InChI is InChI=1S/C49H60F7N11O8/c1-47(2,3)39(60-45(71)72)42(70)63-65(22-33-34(50)16-28(17-35(33)51)36-13-14-66(62-36)43(52)53)23-38(68)37(59-41(69)40(61-46(73)74-6)48(4,5)49(54,55)56)15-26-7-9-27(10-8-26)29-18-57-44(58-19-29)64-20-30-11-12-31(21-64)67(30)32-24-75-25-32/h7-10,13-14,16-19,30-32,37-40,43,60,68H,11-12,15,20-25H2,1-6H3,(H,59,69)(H,61,73)(H,63,70)(H,71,72). The Bertz CT molecular complexity index is 2630. The fourth-order valence-electron chi connectivity index (χ4n) is 9.49. The van der Waals surface area contributed by atoms with Gasteiger partial charge in [0.2, 0.25) is 11.9 Å². The molecule has 0 saturated carbocycles. The fraction of sp³-hybridized carbons (Fsp3) is 0.531. The zero-order valence-electron chi connectivity index (χ0n) is 41.9. The molecule has 2 aromatic carbocycles. The molecular formula is C49H60F7N11O8. The number of ether oxygens (including phenoxy) is 2. The van der Waals surface area contributed by atoms with E-state index < -0.39 is 102 Å². The molecule has 0 spiro atoms. The third-order valence-electron chi connectivity index (χ3n) is 13.9. The van der Waals surface area contributed by atoms with Crippen molar-refractivity contribution in [3.63, 3.8) is 0 Å². The topological polar surface area (TPSA) is 229 Å². The fourth-order valence-corrected chi connectivity index (χ4v) is 9.49. The number of aliphatic hydroxyl groups is 1. The lowest BCUT2D eigenvalue weighted by molar-refractivity contribution is -0.220. The zero-order valence-corrected chi connectivity index (χ0v) is 41.9. The van der Waals surface area contributed by atoms with Crippen molar-refractivity contribution in [2.45, 2.75) is 116 Å². The summed E-state index contributed by atoms with van der Waals surface area (Å²) in [6.07, 6.45) is -3.96. The van der Waals surface area contributed by atoms with Crippen LogP contribution in [0.5, 0.6) is 0 Å². The molecular weight excluding hydrogens is 1000 g/mol. The van der Waals surface area contributed by atoms with Crippen molar-refractivity contribution >= 4 is 29.9 Å². The molecule has 6 N–H and O–H groups in total. The van der Waals surface area contributed by atoms with Crippen molar-refractivity contribution in [1.29, 1.82) is 0 Å². The van der Waals surface area contributed by atoms with E-state index in [1.54, 1.807) is 36.7 Å². The number of nitrogens with one attached hydrogen (secondary N) is 4. The number of carbonyl (C=O) groups excluding carboxylic acids is 3. The van der Waals surface area contributed by atoms with Gasteiger partial charge in [-0.25, -0.2) is 38.0 Å². The molecule has 7 rings (SSSR count). The minimum atomic E-state index is -5.09. The molecule has 6 unspecified atom stereocenters. The highest BCUT2D eigenvalue weighted by Crippen LogP contribution is 2.41. The second-order valence-electron chi connectivity index (χ2n) is 20.6. The minimum Gasteiger partial charge on any atom is -0.465 e. The first kappa shape index (κ1) is 56.1. The number of rotatable bonds is 19. The molecule has 3 aliphatic heterocycles. The summed E-state index contributed by atoms with van der Waals surface area (Å²) in [5.74, 6) is -4.44. The summed E-state index contributed by atoms with van der Waals surface area (Å²) in [5.41, 5.74) is -1.19. The lowest BCUT2D eigenvalue weighted by atomic mass is 9.82. The van der Waals surface area contributed by atoms with Gasteiger partial charge < -0.3 is 40.5 Å². The molecule has 2 bridgehead atoms. The lowest BCUT2D eigenvalue weighted by Crippen LogP contribution is -2.63. The number of anilines is 1. The average Bonchev–Trinajstić information content (AvgIpc) is 3.91. The van der Waals surface area contributed by atoms with Gasteiger partial charge in [0.05, 0.1) is 49.6 Å². The third kappa shape index (κ3) is 13.1. The predicted octanol–water partition coefficient (Wildman–Crippen LogP) is 5.65. The highest BCUT2D eigenvalue weighted by atomic mass is 19.4. The average molecular weight is 1060 g/mol. The molecule has 75 heavy (non-hydrogen) atoms. The number of benzene rings is 2. The maximum Gasteiger partial charge on any atom is 0.407 e. The zero-order chi connectivity index (χ0) is 54.7. The number of carbonyl (C=O) groups is 4. The summed E-state index contributed by atoms with van der Waals surface area (Å²) in [5, 5.41) is 32.5. The van der Waals surface area contributed by atoms with Crippen molar-refractivity contribution in [2.24, 2.45) is 10.8 Å². The van der Waals surface area contributed by atoms with Crippen LogP contribution in [0.1, 0.15) is 65.1 Å². The van der Waals surface area contributed by atoms with Gasteiger partial charge in [-0.2, -0.15) is 27.1 Å². The van der Waals surface area contributed by atoms with Gasteiger partial charge in [-0.15, -0.1) is 0 Å². The maximum atomic E-state index is 16.0. The maximum absolute atomic E-state index is 16.0. The summed E-state index contributed by atoms with van der Waals surface area (Å²) in [4.78, 5) is 66.3. The molecule has 19 nitrogen and oxygen atoms in total. The highest BCUT2D eigenvalue weighted by molar-refractivity contribution is 5.87. The van der Waals surface area contributed by atoms with Crippen LogP contribution in [0.2, 0.25) is 0 Å². The Morgan fingerprint density at radius 2 is 1.45 bits per heavy atom. The number of halogens is 7. The molecule has 0 radical (unpaired) electrons. The summed E-state index contributed by atoms with van der Waals surface area (Å²) in [6.45, 7) is 4.09. The van der Waals surface area contributed by atoms with Gasteiger partial charge in [0.1, 0.15) is 23.7 Å². The normalized spacial score (nSPS) is 19.0. The van der Waals surface area contributed by atoms with Gasteiger partial charge in [0.15, 0.2) is 0 Å². The number of hydrogen-bond donors (Lipinski definition) is 6. The number of nitrogens with zero attached hydrogens (tertiary/aromatic N) is 7. The summed E-state index contributed by atoms with van der Waals surface area (Å²) in [7, 11) is 0.873. The van der Waals surface area contributed by atoms with Crippen molar-refractivity contribution in [1.82, 2.24) is 51.0 Å². The van der Waals surface area contributed by atoms with Gasteiger partial charge in [-0.1, -0.05) is 45.0 Å². The number of aromatic nitrogens is 4. The number of amides is 4. The number of alkyl carbamates (subject to hydrolysis) is 1. The number of fused-ring (bicyclic) bond motifs is 2. The number of methoxy groups -OCH3 is 1. The van der Waals surface area contributed by atoms with Gasteiger partial charge in [-0.3, -0.25) is 19.9 Å². The lowest BCUT2D eigenvalue weighted by Gasteiger charge is -2.47. The molecule has 408 valence electrons. The van der Waals surface area contributed by atoms with Crippen molar-refractivity contribution < 1.29 is 69.6 Å². The van der Waals surface area contributed by atoms with E-state index in [0.717, 1.165) is 75.7 Å². The summed E-state index contributed by atoms with van der Waals surface area (Å²) in [6, 6.07) is 4.98. The predicted molar refractivity (Wildman–Crippen MR) is 256 cm³/mol. The van der Waals surface area contributed by atoms with Crippen LogP contribution in [0.25, 0.3) is 22.4 Å². The number of piperazine rings is 1. The van der Waals surface area contributed by atoms with Crippen LogP contribution in [-0.4, -0.2) is 152 Å². The van der Waals surface area contributed by atoms with Crippen LogP contribution in [0.4, 0.5) is 46.3 Å². The molecule has 0 aliphatic carbocycles. The number of hydrazine groups is 1. The molecule has 2 aromatic heterocycles. The van der Waals surface area contributed by atoms with E-state index in [0.29, 0.717) is 54.6 Å². The quantitative estimate of drug-likeness (QED) is 0.0493. The Kier molecular flexibility index (Phi) is 17.0. The van der Waals surface area contributed by atoms with Gasteiger partial charge in [0, 0.05) is 73.5 Å². The van der Waals surface area contributed by atoms with E-state index in [4.69, 9.17) is 4.74 Å². The number of hydrogen-bond acceptors (Lipinski definition) is 13. The van der Waals surface area contributed by atoms with Crippen LogP contribution >= 0.6 is 0 Å². The molecule has 5 heterocycles. The minimum absolute atomic E-state index is 0.217. The van der Waals surface area contributed by atoms with E-state index in [1.165, 1.54) is 20.8 Å². The van der Waals surface area contributed by atoms with Gasteiger partial charge >= 0.3 is 24.9 Å². The molecule has 4 amide bonds. The number of alkyl halides is 5. The van der Waals surface area contributed by atoms with E-state index in [9.17, 15) is 51.3 Å². The van der Waals surface area contributed by atoms with Crippen molar-refractivity contribution in [3.8, 4) is 22.4 Å². The van der Waals surface area contributed by atoms with Crippen molar-refractivity contribution in [3.05, 3.63) is 83.8 Å². The largest absolute Gasteiger partial charge is 0.465 e. The second kappa shape index (κ2) is 22.7. The number of aliphatic hydroxyl groups excluding tert-OH is 1. The van der Waals surface area contributed by atoms with Crippen LogP contribution in [0.3, 0.4) is 0 Å². The Hall–Kier alpha value is -6.64. The Morgan fingerprint density at radius 3 is 1.96 bits per heavy atom. The Morgan fingerprint density at radius 1 is 0.840 bits per heavy atom. The van der Waals surface area contributed by atoms with Gasteiger partial charge in [-0.05, 0) is 67.9 Å². The number of carboxylic acid groups (broad SMARTS) is 1. The SMILES string of the molecule is COC(=O)NC(C(=O)NC(Cc1ccc(-c2cnc(N3CC4CCC(C3)N4C3COC3)nc2)cc1)C(O)CN(Cc1c(F)cc(-c2ccn(C(F)F)n2)cc1F)NC(=O)C(NC(=O)O)C(C)(C)C)C(C)(C)C(F)(F)F. The molecule has 3 saturated heterocycles. The second-order valence-corrected chi connectivity index (χ2v) is 20.6. The van der Waals surface area contributed by atoms with E-state index in [-0.39, 0.29) is 22.4 Å². The Balaban J connectivity index is 1.17. The molecule has 3 aliphatic rings. The molecule has 4 aromatic rings. The van der Waals surface area contributed by atoms with E-state index in [1.807, 2.05) is 5.32 Å². The van der Waals surface area contributed by atoms with E-state index in [2.05, 4.69) is 45.7 Å². The molecule has 3 fully saturated rings. The van der Waals surface area contributed by atoms with E-state index >= 15 is 8.78 Å². The Labute approximate surface area is 427 Å². The van der Waals surface area contributed by atoms with Crippen LogP contribution in [-0.2, 0) is 32.0 Å². The van der Waals surface area contributed by atoms with Crippen LogP contribution in [0, 0.1) is 22.5 Å². The smallest absolute Gasteiger partial charge is 0.407 e. The first-order valence-electron chi connectivity index (χ1n) is 24.0. The summed E-state index contributed by atoms with van der Waals surface area (Å²) < 4.78 is 112. The molecule has 26 heteroatoms. The first-order chi connectivity index (χ1) is 35.2. The van der Waals surface area contributed by atoms with Crippen LogP contribution < -0.4 is 26.3 Å². The van der Waals surface area contributed by atoms with Crippen molar-refractivity contribution in [2.75, 3.05) is 44.9 Å². The van der Waals surface area contributed by atoms with Crippen LogP contribution in [0.15, 0.2) is 61.1 Å². The highest BCUT2D eigenvalue weighted by Gasteiger charge is 2.56. The van der Waals surface area contributed by atoms with Gasteiger partial charge in [0.25, 0.3) is 5.91 Å². The summed E-state index contributed by atoms with van der Waals surface area (Å²) >= 11 is 0. The monoisotopic (exact) mass is 1060 g/mol. The molecule has 6 atom stereocenters. The third-order valence-corrected chi connectivity index (χ3v) is 13.9. The first-order valence-corrected chi connectivity index (χ1v) is 24.0.